The largest absolute Gasteiger partial charge is 0.493 e. The average molecular weight is 462 g/mol. The summed E-state index contributed by atoms with van der Waals surface area (Å²) in [6.45, 7) is 1.01. The Morgan fingerprint density at radius 3 is 2.48 bits per heavy atom. The van der Waals surface area contributed by atoms with Crippen molar-refractivity contribution in [1.82, 2.24) is 5.32 Å². The van der Waals surface area contributed by atoms with Crippen LogP contribution in [0, 0.1) is 11.8 Å². The summed E-state index contributed by atoms with van der Waals surface area (Å²) in [5.74, 6) is 2.44. The molecule has 4 nitrogen and oxygen atoms in total. The molecule has 0 aliphatic heterocycles. The van der Waals surface area contributed by atoms with Crippen molar-refractivity contribution in [3.8, 4) is 11.5 Å². The van der Waals surface area contributed by atoms with Gasteiger partial charge in [0.25, 0.3) is 0 Å². The van der Waals surface area contributed by atoms with Gasteiger partial charge in [0.15, 0.2) is 11.5 Å². The summed E-state index contributed by atoms with van der Waals surface area (Å²) in [6, 6.07) is 11.5. The van der Waals surface area contributed by atoms with Crippen LogP contribution in [0.15, 0.2) is 36.4 Å². The molecule has 2 atom stereocenters. The Balaban J connectivity index is 1.30. The van der Waals surface area contributed by atoms with Gasteiger partial charge in [-0.25, -0.2) is 0 Å². The molecule has 2 aromatic carbocycles. The number of ether oxygens (including phenoxy) is 2. The molecule has 0 aromatic heterocycles. The molecule has 0 spiro atoms. The lowest BCUT2D eigenvalue weighted by molar-refractivity contribution is -0.142. The van der Waals surface area contributed by atoms with Crippen LogP contribution < -0.4 is 14.8 Å². The molecular formula is C25H29Cl2NO3. The maximum absolute atomic E-state index is 11.0. The molecule has 4 aliphatic carbocycles. The standard InChI is InChI=1S/C25H29Cl2NO3/c1-30-22-8-16(7-21(27)23(22)31-14-19-4-2-3-5-20(19)26)13-28-24-9-17-6-18(10-24)12-25(29,11-17)15-24/h2-5,7-8,17-18,28-29H,6,9-15H2,1H3. The molecule has 2 N–H and O–H groups in total. The van der Waals surface area contributed by atoms with Crippen molar-refractivity contribution in [2.24, 2.45) is 11.8 Å². The van der Waals surface area contributed by atoms with E-state index in [4.69, 9.17) is 32.7 Å². The third-order valence-electron chi connectivity index (χ3n) is 7.32. The van der Waals surface area contributed by atoms with E-state index in [1.54, 1.807) is 7.11 Å². The molecule has 0 amide bonds. The van der Waals surface area contributed by atoms with Crippen LogP contribution in [-0.2, 0) is 13.2 Å². The van der Waals surface area contributed by atoms with E-state index in [0.29, 0.717) is 46.5 Å². The van der Waals surface area contributed by atoms with E-state index in [-0.39, 0.29) is 5.54 Å². The summed E-state index contributed by atoms with van der Waals surface area (Å²) in [4.78, 5) is 0. The van der Waals surface area contributed by atoms with Crippen LogP contribution in [0.3, 0.4) is 0 Å². The zero-order valence-corrected chi connectivity index (χ0v) is 19.3. The van der Waals surface area contributed by atoms with Crippen LogP contribution in [-0.4, -0.2) is 23.4 Å². The average Bonchev–Trinajstić information content (AvgIpc) is 2.70. The number of aliphatic hydroxyl groups is 1. The van der Waals surface area contributed by atoms with Gasteiger partial charge in [0, 0.05) is 22.7 Å². The monoisotopic (exact) mass is 461 g/mol. The van der Waals surface area contributed by atoms with Crippen molar-refractivity contribution in [2.45, 2.75) is 62.8 Å². The lowest BCUT2D eigenvalue weighted by Gasteiger charge is -2.60. The van der Waals surface area contributed by atoms with Gasteiger partial charge in [-0.05, 0) is 74.1 Å². The predicted molar refractivity (Wildman–Crippen MR) is 123 cm³/mol. The lowest BCUT2D eigenvalue weighted by atomic mass is 9.51. The minimum absolute atomic E-state index is 0.0395. The SMILES string of the molecule is COc1cc(CNC23CC4CC(CC(O)(C4)C2)C3)cc(Cl)c1OCc1ccccc1Cl. The Bertz CT molecular complexity index is 965. The summed E-state index contributed by atoms with van der Waals surface area (Å²) >= 11 is 12.8. The number of hydrogen-bond acceptors (Lipinski definition) is 4. The van der Waals surface area contributed by atoms with E-state index in [1.165, 1.54) is 6.42 Å². The highest BCUT2D eigenvalue weighted by molar-refractivity contribution is 6.32. The summed E-state index contributed by atoms with van der Waals surface area (Å²) in [5.41, 5.74) is 1.52. The second kappa shape index (κ2) is 8.15. The van der Waals surface area contributed by atoms with Crippen LogP contribution in [0.4, 0.5) is 0 Å². The van der Waals surface area contributed by atoms with E-state index in [1.807, 2.05) is 36.4 Å². The second-order valence-electron chi connectivity index (χ2n) is 9.81. The van der Waals surface area contributed by atoms with E-state index in [2.05, 4.69) is 5.32 Å². The summed E-state index contributed by atoms with van der Waals surface area (Å²) in [5, 5.41) is 16.0. The fourth-order valence-electron chi connectivity index (χ4n) is 6.49. The first kappa shape index (κ1) is 21.4. The first-order chi connectivity index (χ1) is 14.9. The third kappa shape index (κ3) is 4.28. The molecule has 0 heterocycles. The molecule has 6 heteroatoms. The van der Waals surface area contributed by atoms with Gasteiger partial charge < -0.3 is 19.9 Å². The molecule has 31 heavy (non-hydrogen) atoms. The number of hydrogen-bond donors (Lipinski definition) is 2. The quantitative estimate of drug-likeness (QED) is 0.550. The highest BCUT2D eigenvalue weighted by Crippen LogP contribution is 2.57. The predicted octanol–water partition coefficient (Wildman–Crippen LogP) is 5.75. The van der Waals surface area contributed by atoms with Crippen LogP contribution in [0.5, 0.6) is 11.5 Å². The minimum atomic E-state index is -0.469. The Morgan fingerprint density at radius 2 is 1.81 bits per heavy atom. The van der Waals surface area contributed by atoms with Gasteiger partial charge in [-0.15, -0.1) is 0 Å². The van der Waals surface area contributed by atoms with Crippen molar-refractivity contribution >= 4 is 23.2 Å². The molecular weight excluding hydrogens is 433 g/mol. The lowest BCUT2D eigenvalue weighted by Crippen LogP contribution is -2.64. The molecule has 4 fully saturated rings. The van der Waals surface area contributed by atoms with Gasteiger partial charge in [-0.3, -0.25) is 0 Å². The van der Waals surface area contributed by atoms with Crippen molar-refractivity contribution in [3.63, 3.8) is 0 Å². The van der Waals surface area contributed by atoms with E-state index in [9.17, 15) is 5.11 Å². The Kier molecular flexibility index (Phi) is 5.62. The highest BCUT2D eigenvalue weighted by atomic mass is 35.5. The van der Waals surface area contributed by atoms with Gasteiger partial charge in [-0.1, -0.05) is 41.4 Å². The Hall–Kier alpha value is -1.46. The maximum atomic E-state index is 11.0. The van der Waals surface area contributed by atoms with Gasteiger partial charge in [0.1, 0.15) is 6.61 Å². The van der Waals surface area contributed by atoms with Crippen LogP contribution in [0.1, 0.15) is 49.7 Å². The number of nitrogens with one attached hydrogen (secondary N) is 1. The molecule has 4 aliphatic rings. The number of benzene rings is 2. The summed E-state index contributed by atoms with van der Waals surface area (Å²) in [6.07, 6.45) is 6.42. The number of halogens is 2. The topological polar surface area (TPSA) is 50.7 Å². The normalized spacial score (nSPS) is 31.1. The van der Waals surface area contributed by atoms with E-state index >= 15 is 0 Å². The molecule has 0 saturated heterocycles. The maximum Gasteiger partial charge on any atom is 0.180 e. The molecule has 4 saturated carbocycles. The van der Waals surface area contributed by atoms with Gasteiger partial charge >= 0.3 is 0 Å². The Labute approximate surface area is 193 Å². The Morgan fingerprint density at radius 1 is 1.06 bits per heavy atom. The fourth-order valence-corrected chi connectivity index (χ4v) is 6.97. The summed E-state index contributed by atoms with van der Waals surface area (Å²) < 4.78 is 11.6. The zero-order chi connectivity index (χ0) is 21.6. The third-order valence-corrected chi connectivity index (χ3v) is 7.97. The molecule has 4 bridgehead atoms. The van der Waals surface area contributed by atoms with Gasteiger partial charge in [0.2, 0.25) is 0 Å². The molecule has 2 aromatic rings. The minimum Gasteiger partial charge on any atom is -0.493 e. The second-order valence-corrected chi connectivity index (χ2v) is 10.6. The molecule has 0 radical (unpaired) electrons. The first-order valence-corrected chi connectivity index (χ1v) is 11.8. The molecule has 166 valence electrons. The first-order valence-electron chi connectivity index (χ1n) is 11.1. The molecule has 2 unspecified atom stereocenters. The van der Waals surface area contributed by atoms with Crippen molar-refractivity contribution < 1.29 is 14.6 Å². The highest BCUT2D eigenvalue weighted by Gasteiger charge is 2.56. The fraction of sp³-hybridized carbons (Fsp3) is 0.520. The van der Waals surface area contributed by atoms with Crippen molar-refractivity contribution in [3.05, 3.63) is 57.6 Å². The van der Waals surface area contributed by atoms with Crippen molar-refractivity contribution in [2.75, 3.05) is 7.11 Å². The smallest absolute Gasteiger partial charge is 0.180 e. The van der Waals surface area contributed by atoms with Gasteiger partial charge in [-0.2, -0.15) is 0 Å². The van der Waals surface area contributed by atoms with Crippen LogP contribution in [0.2, 0.25) is 10.0 Å². The number of rotatable bonds is 7. The van der Waals surface area contributed by atoms with E-state index in [0.717, 1.165) is 43.2 Å². The van der Waals surface area contributed by atoms with Crippen LogP contribution in [0.25, 0.3) is 0 Å². The van der Waals surface area contributed by atoms with Gasteiger partial charge in [0.05, 0.1) is 17.7 Å². The van der Waals surface area contributed by atoms with E-state index < -0.39 is 5.60 Å². The number of methoxy groups -OCH3 is 1. The zero-order valence-electron chi connectivity index (χ0n) is 17.8. The van der Waals surface area contributed by atoms with Crippen molar-refractivity contribution in [1.29, 1.82) is 0 Å². The molecule has 6 rings (SSSR count). The summed E-state index contributed by atoms with van der Waals surface area (Å²) in [7, 11) is 1.62. The van der Waals surface area contributed by atoms with Crippen LogP contribution >= 0.6 is 23.2 Å².